The van der Waals surface area contributed by atoms with Crippen LogP contribution in [-0.4, -0.2) is 49.3 Å². The van der Waals surface area contributed by atoms with Gasteiger partial charge in [0.1, 0.15) is 6.61 Å². The molecule has 0 aromatic rings. The molecule has 0 aliphatic carbocycles. The molecule has 334 valence electrons. The third-order valence-corrected chi connectivity index (χ3v) is 11.0. The predicted molar refractivity (Wildman–Crippen MR) is 238 cm³/mol. The number of allylic oxidation sites excluding steroid dienone is 6. The molecule has 0 spiro atoms. The van der Waals surface area contributed by atoms with Crippen LogP contribution in [0.2, 0.25) is 0 Å². The van der Waals surface area contributed by atoms with Crippen molar-refractivity contribution in [2.45, 2.75) is 225 Å². The van der Waals surface area contributed by atoms with Crippen molar-refractivity contribution in [3.8, 4) is 0 Å². The average Bonchev–Trinajstić information content (AvgIpc) is 3.20. The highest BCUT2D eigenvalue weighted by molar-refractivity contribution is 7.47. The molecule has 0 heterocycles. The second-order valence-corrected chi connectivity index (χ2v) is 17.1. The number of hydrogen-bond donors (Lipinski definition) is 2. The van der Waals surface area contributed by atoms with Crippen molar-refractivity contribution in [3.63, 3.8) is 0 Å². The first-order valence-corrected chi connectivity index (χ1v) is 25.0. The van der Waals surface area contributed by atoms with E-state index in [4.69, 9.17) is 24.3 Å². The molecule has 3 N–H and O–H groups in total. The molecule has 0 aliphatic rings. The number of carbonyl (C=O) groups excluding carboxylic acids is 2. The lowest BCUT2D eigenvalue weighted by molar-refractivity contribution is -0.161. The molecule has 0 aromatic heterocycles. The number of carbonyl (C=O) groups is 2. The van der Waals surface area contributed by atoms with Gasteiger partial charge in [-0.2, -0.15) is 0 Å². The summed E-state index contributed by atoms with van der Waals surface area (Å²) >= 11 is 0. The molecule has 57 heavy (non-hydrogen) atoms. The van der Waals surface area contributed by atoms with Gasteiger partial charge in [-0.15, -0.1) is 0 Å². The number of nitrogens with two attached hydrogens (primary N) is 1. The largest absolute Gasteiger partial charge is 0.472 e. The number of hydrogen-bond acceptors (Lipinski definition) is 8. The summed E-state index contributed by atoms with van der Waals surface area (Å²) in [6.45, 7) is 3.70. The molecular formula is C47H88NO8P. The van der Waals surface area contributed by atoms with Crippen LogP contribution in [0.4, 0.5) is 0 Å². The minimum Gasteiger partial charge on any atom is -0.462 e. The van der Waals surface area contributed by atoms with Gasteiger partial charge in [0.2, 0.25) is 0 Å². The van der Waals surface area contributed by atoms with Gasteiger partial charge >= 0.3 is 19.8 Å². The first-order valence-electron chi connectivity index (χ1n) is 23.5. The molecule has 0 fully saturated rings. The maximum atomic E-state index is 12.6. The van der Waals surface area contributed by atoms with Crippen LogP contribution in [0.5, 0.6) is 0 Å². The van der Waals surface area contributed by atoms with Crippen LogP contribution >= 0.6 is 7.82 Å². The zero-order chi connectivity index (χ0) is 41.8. The normalized spacial score (nSPS) is 13.5. The fraction of sp³-hybridized carbons (Fsp3) is 0.830. The smallest absolute Gasteiger partial charge is 0.462 e. The molecule has 10 heteroatoms. The second-order valence-electron chi connectivity index (χ2n) is 15.6. The van der Waals surface area contributed by atoms with Gasteiger partial charge < -0.3 is 20.1 Å². The predicted octanol–water partition coefficient (Wildman–Crippen LogP) is 13.7. The highest BCUT2D eigenvalue weighted by Gasteiger charge is 2.26. The van der Waals surface area contributed by atoms with Gasteiger partial charge in [0, 0.05) is 19.4 Å². The summed E-state index contributed by atoms with van der Waals surface area (Å²) in [6.07, 6.45) is 49.0. The summed E-state index contributed by atoms with van der Waals surface area (Å²) in [5.41, 5.74) is 5.35. The molecular weight excluding hydrogens is 737 g/mol. The molecule has 0 saturated carbocycles. The number of phosphoric acid groups is 1. The molecule has 0 aromatic carbocycles. The monoisotopic (exact) mass is 826 g/mol. The standard InChI is InChI=1S/C47H88NO8P/c1-3-5-7-9-11-13-15-17-19-21-22-24-26-28-30-32-34-36-38-40-47(50)56-45(44-55-57(51,52)54-42-41-48)43-53-46(49)39-37-35-33-31-29-27-25-23-20-18-16-14-12-10-8-6-4-2/h18,20,25,27,31,33,45H,3-17,19,21-24,26,28-30,32,34-44,48H2,1-2H3,(H,51,52). The highest BCUT2D eigenvalue weighted by atomic mass is 31.2. The van der Waals surface area contributed by atoms with E-state index in [9.17, 15) is 19.0 Å². The van der Waals surface area contributed by atoms with Crippen LogP contribution in [0.3, 0.4) is 0 Å². The van der Waals surface area contributed by atoms with Crippen LogP contribution in [0, 0.1) is 0 Å². The van der Waals surface area contributed by atoms with E-state index >= 15 is 0 Å². The van der Waals surface area contributed by atoms with Gasteiger partial charge in [0.25, 0.3) is 0 Å². The maximum Gasteiger partial charge on any atom is 0.472 e. The molecule has 0 aliphatic heterocycles. The van der Waals surface area contributed by atoms with E-state index in [1.54, 1.807) is 0 Å². The van der Waals surface area contributed by atoms with Gasteiger partial charge in [0.05, 0.1) is 13.2 Å². The molecule has 0 bridgehead atoms. The van der Waals surface area contributed by atoms with E-state index in [0.29, 0.717) is 12.8 Å². The summed E-state index contributed by atoms with van der Waals surface area (Å²) in [5, 5.41) is 0. The fourth-order valence-corrected chi connectivity index (χ4v) is 7.30. The van der Waals surface area contributed by atoms with Crippen molar-refractivity contribution in [1.82, 2.24) is 0 Å². The minimum atomic E-state index is -4.39. The van der Waals surface area contributed by atoms with Crippen molar-refractivity contribution in [2.24, 2.45) is 5.73 Å². The molecule has 0 rings (SSSR count). The Morgan fingerprint density at radius 3 is 1.40 bits per heavy atom. The zero-order valence-corrected chi connectivity index (χ0v) is 37.7. The molecule has 2 atom stereocenters. The maximum absolute atomic E-state index is 12.6. The molecule has 9 nitrogen and oxygen atoms in total. The van der Waals surface area contributed by atoms with Crippen molar-refractivity contribution >= 4 is 19.8 Å². The third kappa shape index (κ3) is 43.6. The molecule has 0 radical (unpaired) electrons. The van der Waals surface area contributed by atoms with E-state index in [-0.39, 0.29) is 32.6 Å². The van der Waals surface area contributed by atoms with Crippen LogP contribution < -0.4 is 5.73 Å². The Kier molecular flexibility index (Phi) is 42.4. The molecule has 0 amide bonds. The number of rotatable bonds is 44. The lowest BCUT2D eigenvalue weighted by Crippen LogP contribution is -2.29. The van der Waals surface area contributed by atoms with Crippen molar-refractivity contribution in [2.75, 3.05) is 26.4 Å². The Hall–Kier alpha value is -1.77. The van der Waals surface area contributed by atoms with E-state index in [1.807, 2.05) is 0 Å². The Balaban J connectivity index is 4.15. The van der Waals surface area contributed by atoms with Gasteiger partial charge in [-0.25, -0.2) is 4.57 Å². The van der Waals surface area contributed by atoms with E-state index in [0.717, 1.165) is 38.5 Å². The lowest BCUT2D eigenvalue weighted by Gasteiger charge is -2.19. The Morgan fingerprint density at radius 2 is 0.930 bits per heavy atom. The van der Waals surface area contributed by atoms with Gasteiger partial charge in [0.15, 0.2) is 6.10 Å². The average molecular weight is 826 g/mol. The summed E-state index contributed by atoms with van der Waals surface area (Å²) in [6, 6.07) is 0. The van der Waals surface area contributed by atoms with Crippen LogP contribution in [0.15, 0.2) is 36.5 Å². The number of unbranched alkanes of at least 4 members (excludes halogenated alkanes) is 25. The summed E-state index contributed by atoms with van der Waals surface area (Å²) < 4.78 is 32.8. The third-order valence-electron chi connectivity index (χ3n) is 10.0. The Morgan fingerprint density at radius 1 is 0.526 bits per heavy atom. The van der Waals surface area contributed by atoms with E-state index < -0.39 is 32.5 Å². The summed E-state index contributed by atoms with van der Waals surface area (Å²) in [4.78, 5) is 34.9. The fourth-order valence-electron chi connectivity index (χ4n) is 6.53. The zero-order valence-electron chi connectivity index (χ0n) is 36.8. The van der Waals surface area contributed by atoms with Gasteiger partial charge in [-0.1, -0.05) is 198 Å². The molecule has 2 unspecified atom stereocenters. The van der Waals surface area contributed by atoms with E-state index in [2.05, 4.69) is 50.3 Å². The van der Waals surface area contributed by atoms with Crippen molar-refractivity contribution in [3.05, 3.63) is 36.5 Å². The van der Waals surface area contributed by atoms with E-state index in [1.165, 1.54) is 141 Å². The number of esters is 2. The minimum absolute atomic E-state index is 0.0479. The SMILES string of the molecule is CCCCCCCCC=CCC=CCC=CCCCC(=O)OCC(COP(=O)(O)OCCN)OC(=O)CCCCCCCCCCCCCCCCCCCCC. The Labute approximate surface area is 350 Å². The molecule has 0 saturated heterocycles. The van der Waals surface area contributed by atoms with Crippen LogP contribution in [0.1, 0.15) is 219 Å². The van der Waals surface area contributed by atoms with Gasteiger partial charge in [-0.3, -0.25) is 18.6 Å². The quantitative estimate of drug-likeness (QED) is 0.0266. The first-order chi connectivity index (χ1) is 27.8. The topological polar surface area (TPSA) is 134 Å². The number of ether oxygens (including phenoxy) is 2. The second kappa shape index (κ2) is 43.8. The number of phosphoric ester groups is 1. The summed E-state index contributed by atoms with van der Waals surface area (Å²) in [7, 11) is -4.39. The van der Waals surface area contributed by atoms with Crippen molar-refractivity contribution < 1.29 is 37.6 Å². The Bertz CT molecular complexity index is 1030. The van der Waals surface area contributed by atoms with Gasteiger partial charge in [-0.05, 0) is 44.9 Å². The van der Waals surface area contributed by atoms with Crippen LogP contribution in [-0.2, 0) is 32.7 Å². The first kappa shape index (κ1) is 55.2. The highest BCUT2D eigenvalue weighted by Crippen LogP contribution is 2.43. The van der Waals surface area contributed by atoms with Crippen molar-refractivity contribution in [1.29, 1.82) is 0 Å². The van der Waals surface area contributed by atoms with Crippen LogP contribution in [0.25, 0.3) is 0 Å². The summed E-state index contributed by atoms with van der Waals surface area (Å²) in [5.74, 6) is -0.881. The lowest BCUT2D eigenvalue weighted by atomic mass is 10.0.